The molecule has 0 aliphatic carbocycles. The van der Waals surface area contributed by atoms with E-state index in [-0.39, 0.29) is 17.3 Å². The van der Waals surface area contributed by atoms with Gasteiger partial charge >= 0.3 is 18.1 Å². The highest BCUT2D eigenvalue weighted by molar-refractivity contribution is 8.00. The second kappa shape index (κ2) is 8.60. The summed E-state index contributed by atoms with van der Waals surface area (Å²) in [6.45, 7) is 0. The van der Waals surface area contributed by atoms with Crippen LogP contribution in [-0.2, 0) is 15.7 Å². The zero-order valence-electron chi connectivity index (χ0n) is 15.2. The number of esters is 2. The van der Waals surface area contributed by atoms with Crippen LogP contribution < -0.4 is 10.1 Å². The van der Waals surface area contributed by atoms with E-state index in [4.69, 9.17) is 9.47 Å². The van der Waals surface area contributed by atoms with Crippen molar-refractivity contribution in [1.82, 2.24) is 0 Å². The lowest BCUT2D eigenvalue weighted by molar-refractivity contribution is -0.138. The standard InChI is InChI=1S/C20H16F3NO4S/c1-27-19(26)16-10-29-11-17(16)24-14-5-7-15(8-6-14)28-18(25)12-3-2-4-13(9-12)20(21,22)23/h2-9,24H,10-11H2,1H3. The fraction of sp³-hybridized carbons (Fsp3) is 0.200. The number of hydrogen-bond acceptors (Lipinski definition) is 6. The maximum atomic E-state index is 12.8. The van der Waals surface area contributed by atoms with Gasteiger partial charge < -0.3 is 14.8 Å². The molecule has 0 radical (unpaired) electrons. The molecule has 3 rings (SSSR count). The van der Waals surface area contributed by atoms with E-state index in [0.717, 1.165) is 23.9 Å². The molecule has 152 valence electrons. The van der Waals surface area contributed by atoms with E-state index in [1.54, 1.807) is 23.9 Å². The van der Waals surface area contributed by atoms with Crippen molar-refractivity contribution in [3.05, 3.63) is 70.9 Å². The molecular weight excluding hydrogens is 407 g/mol. The van der Waals surface area contributed by atoms with E-state index in [9.17, 15) is 22.8 Å². The quantitative estimate of drug-likeness (QED) is 0.564. The minimum absolute atomic E-state index is 0.181. The van der Waals surface area contributed by atoms with Gasteiger partial charge in [0.25, 0.3) is 0 Å². The summed E-state index contributed by atoms with van der Waals surface area (Å²) in [5, 5.41) is 3.13. The zero-order chi connectivity index (χ0) is 21.0. The lowest BCUT2D eigenvalue weighted by Gasteiger charge is -2.11. The smallest absolute Gasteiger partial charge is 0.416 e. The number of anilines is 1. The van der Waals surface area contributed by atoms with Gasteiger partial charge in [0, 0.05) is 22.9 Å². The fourth-order valence-electron chi connectivity index (χ4n) is 2.62. The molecule has 0 atom stereocenters. The summed E-state index contributed by atoms with van der Waals surface area (Å²) in [4.78, 5) is 23.9. The molecule has 0 aromatic heterocycles. The van der Waals surface area contributed by atoms with Gasteiger partial charge in [-0.3, -0.25) is 0 Å². The average Bonchev–Trinajstić information content (AvgIpc) is 3.16. The van der Waals surface area contributed by atoms with Gasteiger partial charge in [-0.25, -0.2) is 9.59 Å². The van der Waals surface area contributed by atoms with Gasteiger partial charge in [0.1, 0.15) is 5.75 Å². The Morgan fingerprint density at radius 2 is 1.76 bits per heavy atom. The molecule has 29 heavy (non-hydrogen) atoms. The molecule has 0 unspecified atom stereocenters. The molecule has 1 N–H and O–H groups in total. The van der Waals surface area contributed by atoms with Gasteiger partial charge in [0.2, 0.25) is 0 Å². The molecule has 0 spiro atoms. The molecule has 0 saturated carbocycles. The Labute approximate surface area is 168 Å². The molecule has 0 saturated heterocycles. The van der Waals surface area contributed by atoms with Crippen molar-refractivity contribution in [3.63, 3.8) is 0 Å². The first-order valence-corrected chi connectivity index (χ1v) is 9.58. The normalized spacial score (nSPS) is 13.9. The van der Waals surface area contributed by atoms with E-state index in [2.05, 4.69) is 5.32 Å². The summed E-state index contributed by atoms with van der Waals surface area (Å²) < 4.78 is 48.2. The monoisotopic (exact) mass is 423 g/mol. The molecule has 9 heteroatoms. The molecular formula is C20H16F3NO4S. The average molecular weight is 423 g/mol. The fourth-order valence-corrected chi connectivity index (χ4v) is 3.66. The van der Waals surface area contributed by atoms with Crippen LogP contribution in [0.25, 0.3) is 0 Å². The van der Waals surface area contributed by atoms with Gasteiger partial charge in [-0.05, 0) is 42.5 Å². The number of carbonyl (C=O) groups excluding carboxylic acids is 2. The van der Waals surface area contributed by atoms with Crippen molar-refractivity contribution >= 4 is 29.4 Å². The van der Waals surface area contributed by atoms with Crippen LogP contribution in [0.4, 0.5) is 18.9 Å². The SMILES string of the molecule is COC(=O)C1=C(Nc2ccc(OC(=O)c3cccc(C(F)(F)F)c3)cc2)CSC1. The van der Waals surface area contributed by atoms with Crippen molar-refractivity contribution < 1.29 is 32.2 Å². The van der Waals surface area contributed by atoms with Gasteiger partial charge in [0.15, 0.2) is 0 Å². The summed E-state index contributed by atoms with van der Waals surface area (Å²) in [5.41, 5.74) is 0.865. The lowest BCUT2D eigenvalue weighted by Crippen LogP contribution is -2.12. The van der Waals surface area contributed by atoms with Crippen LogP contribution in [0.1, 0.15) is 15.9 Å². The minimum atomic E-state index is -4.54. The molecule has 5 nitrogen and oxygen atoms in total. The van der Waals surface area contributed by atoms with Crippen molar-refractivity contribution in [2.24, 2.45) is 0 Å². The molecule has 2 aromatic rings. The minimum Gasteiger partial charge on any atom is -0.466 e. The third-order valence-electron chi connectivity index (χ3n) is 4.07. The molecule has 1 heterocycles. The summed E-state index contributed by atoms with van der Waals surface area (Å²) in [6.07, 6.45) is -4.54. The number of hydrogen-bond donors (Lipinski definition) is 1. The highest BCUT2D eigenvalue weighted by Crippen LogP contribution is 2.30. The summed E-state index contributed by atoms with van der Waals surface area (Å²) >= 11 is 1.58. The van der Waals surface area contributed by atoms with E-state index < -0.39 is 17.7 Å². The van der Waals surface area contributed by atoms with E-state index >= 15 is 0 Å². The molecule has 0 bridgehead atoms. The van der Waals surface area contributed by atoms with Crippen LogP contribution >= 0.6 is 11.8 Å². The maximum Gasteiger partial charge on any atom is 0.416 e. The largest absolute Gasteiger partial charge is 0.466 e. The topological polar surface area (TPSA) is 64.6 Å². The Bertz CT molecular complexity index is 955. The summed E-state index contributed by atoms with van der Waals surface area (Å²) in [5.74, 6) is 0.100. The highest BCUT2D eigenvalue weighted by Gasteiger charge is 2.31. The van der Waals surface area contributed by atoms with Crippen LogP contribution in [0.2, 0.25) is 0 Å². The van der Waals surface area contributed by atoms with Crippen LogP contribution in [0.15, 0.2) is 59.8 Å². The van der Waals surface area contributed by atoms with Gasteiger partial charge in [-0.2, -0.15) is 24.9 Å². The Balaban J connectivity index is 1.68. The first-order valence-electron chi connectivity index (χ1n) is 8.42. The molecule has 1 aliphatic heterocycles. The van der Waals surface area contributed by atoms with Crippen molar-refractivity contribution in [2.75, 3.05) is 23.9 Å². The first kappa shape index (κ1) is 20.8. The zero-order valence-corrected chi connectivity index (χ0v) is 16.0. The van der Waals surface area contributed by atoms with Crippen molar-refractivity contribution in [3.8, 4) is 5.75 Å². The van der Waals surface area contributed by atoms with Crippen LogP contribution in [-0.4, -0.2) is 30.6 Å². The second-order valence-electron chi connectivity index (χ2n) is 6.06. The maximum absolute atomic E-state index is 12.8. The lowest BCUT2D eigenvalue weighted by atomic mass is 10.1. The Kier molecular flexibility index (Phi) is 6.17. The first-order chi connectivity index (χ1) is 13.8. The number of carbonyl (C=O) groups is 2. The molecule has 2 aromatic carbocycles. The van der Waals surface area contributed by atoms with Gasteiger partial charge in [-0.1, -0.05) is 6.07 Å². The van der Waals surface area contributed by atoms with Crippen molar-refractivity contribution in [2.45, 2.75) is 6.18 Å². The summed E-state index contributed by atoms with van der Waals surface area (Å²) in [7, 11) is 1.32. The number of rotatable bonds is 5. The predicted molar refractivity (Wildman–Crippen MR) is 103 cm³/mol. The van der Waals surface area contributed by atoms with Gasteiger partial charge in [-0.15, -0.1) is 0 Å². The number of nitrogens with one attached hydrogen (secondary N) is 1. The van der Waals surface area contributed by atoms with E-state index in [1.807, 2.05) is 0 Å². The van der Waals surface area contributed by atoms with E-state index in [0.29, 0.717) is 22.8 Å². The third kappa shape index (κ3) is 5.11. The van der Waals surface area contributed by atoms with Crippen LogP contribution in [0, 0.1) is 0 Å². The number of alkyl halides is 3. The molecule has 1 aliphatic rings. The Morgan fingerprint density at radius 1 is 1.03 bits per heavy atom. The Morgan fingerprint density at radius 3 is 2.41 bits per heavy atom. The number of benzene rings is 2. The van der Waals surface area contributed by atoms with E-state index in [1.165, 1.54) is 25.3 Å². The van der Waals surface area contributed by atoms with Gasteiger partial charge in [0.05, 0.1) is 23.8 Å². The predicted octanol–water partition coefficient (Wildman–Crippen LogP) is 4.51. The number of thioether (sulfide) groups is 1. The summed E-state index contributed by atoms with van der Waals surface area (Å²) in [6, 6.07) is 10.3. The van der Waals surface area contributed by atoms with Crippen molar-refractivity contribution in [1.29, 1.82) is 0 Å². The third-order valence-corrected chi connectivity index (χ3v) is 5.06. The number of ether oxygens (including phenoxy) is 2. The molecule has 0 amide bonds. The van der Waals surface area contributed by atoms with Crippen LogP contribution in [0.3, 0.4) is 0 Å². The number of halogens is 3. The second-order valence-corrected chi connectivity index (χ2v) is 7.04. The van der Waals surface area contributed by atoms with Crippen LogP contribution in [0.5, 0.6) is 5.75 Å². The molecule has 0 fully saturated rings. The number of methoxy groups -OCH3 is 1. The highest BCUT2D eigenvalue weighted by atomic mass is 32.2. The Hall–Kier alpha value is -2.94.